The van der Waals surface area contributed by atoms with Crippen molar-refractivity contribution < 1.29 is 24.3 Å². The molecule has 2 heterocycles. The van der Waals surface area contributed by atoms with E-state index in [0.717, 1.165) is 32.9 Å². The van der Waals surface area contributed by atoms with Gasteiger partial charge in [0.05, 0.1) is 6.04 Å². The van der Waals surface area contributed by atoms with Gasteiger partial charge in [0.1, 0.15) is 18.1 Å². The summed E-state index contributed by atoms with van der Waals surface area (Å²) in [6, 6.07) is 10.6. The number of H-pyrrole nitrogens is 2. The first-order valence-corrected chi connectivity index (χ1v) is 16.3. The highest BCUT2D eigenvalue weighted by Crippen LogP contribution is 2.21. The largest absolute Gasteiger partial charge is 0.480 e. The number of carbonyl (C=O) groups is 4. The number of rotatable bonds is 19. The Balaban J connectivity index is 1.52. The second-order valence-electron chi connectivity index (χ2n) is 12.0. The van der Waals surface area contributed by atoms with Gasteiger partial charge >= 0.3 is 5.97 Å². The topological polar surface area (TPSA) is 273 Å². The fourth-order valence-corrected chi connectivity index (χ4v) is 5.69. The van der Waals surface area contributed by atoms with Crippen molar-refractivity contribution in [1.29, 1.82) is 0 Å². The first-order valence-electron chi connectivity index (χ1n) is 16.3. The zero-order chi connectivity index (χ0) is 35.3. The minimum atomic E-state index is -1.26. The van der Waals surface area contributed by atoms with Crippen LogP contribution >= 0.6 is 0 Å². The molecule has 0 aliphatic heterocycles. The second-order valence-corrected chi connectivity index (χ2v) is 12.0. The Morgan fingerprint density at radius 3 is 1.82 bits per heavy atom. The van der Waals surface area contributed by atoms with Crippen LogP contribution in [0.1, 0.15) is 43.2 Å². The predicted octanol–water partition coefficient (Wildman–Crippen LogP) is 0.483. The fourth-order valence-electron chi connectivity index (χ4n) is 5.69. The van der Waals surface area contributed by atoms with Crippen LogP contribution < -0.4 is 38.9 Å². The van der Waals surface area contributed by atoms with Crippen molar-refractivity contribution >= 4 is 51.5 Å². The second kappa shape index (κ2) is 17.7. The number of aliphatic carboxylic acids is 1. The van der Waals surface area contributed by atoms with E-state index in [0.29, 0.717) is 32.4 Å². The fraction of sp³-hybridized carbons (Fsp3) is 0.382. The summed E-state index contributed by atoms with van der Waals surface area (Å²) in [5.74, 6) is -3.12. The van der Waals surface area contributed by atoms with Crippen molar-refractivity contribution in [1.82, 2.24) is 25.9 Å². The van der Waals surface area contributed by atoms with Crippen LogP contribution in [0.4, 0.5) is 0 Å². The highest BCUT2D eigenvalue weighted by atomic mass is 16.4. The Morgan fingerprint density at radius 2 is 1.24 bits per heavy atom. The number of nitrogens with zero attached hydrogens (tertiary/aromatic N) is 1. The summed E-state index contributed by atoms with van der Waals surface area (Å²) in [5.41, 5.74) is 25.8. The lowest BCUT2D eigenvalue weighted by molar-refractivity contribution is -0.142. The molecule has 0 spiro atoms. The summed E-state index contributed by atoms with van der Waals surface area (Å²) < 4.78 is 0. The number of nitrogens with one attached hydrogen (secondary N) is 5. The summed E-state index contributed by atoms with van der Waals surface area (Å²) in [4.78, 5) is 63.3. The molecule has 0 fully saturated rings. The predicted molar refractivity (Wildman–Crippen MR) is 188 cm³/mol. The van der Waals surface area contributed by atoms with Crippen LogP contribution in [0.5, 0.6) is 0 Å². The molecule has 0 saturated heterocycles. The SMILES string of the molecule is NCCCCC(NC(=O)C(Cc1c[nH]c2ccccc12)NC(=O)C(N)CCCN=C(N)N)C(=O)NC(Cc1c[nH]c2ccccc12)C(=O)O. The molecule has 4 unspecified atom stereocenters. The number of para-hydroxylation sites is 2. The average molecular weight is 675 g/mol. The number of carboxylic acid groups (broad SMARTS) is 1. The first-order chi connectivity index (χ1) is 23.6. The summed E-state index contributed by atoms with van der Waals surface area (Å²) >= 11 is 0. The smallest absolute Gasteiger partial charge is 0.326 e. The number of amides is 3. The van der Waals surface area contributed by atoms with Gasteiger partial charge in [-0.2, -0.15) is 0 Å². The normalized spacial score (nSPS) is 13.7. The van der Waals surface area contributed by atoms with Crippen LogP contribution in [0.2, 0.25) is 0 Å². The number of guanidine groups is 1. The van der Waals surface area contributed by atoms with Gasteiger partial charge in [-0.25, -0.2) is 4.79 Å². The molecule has 0 aliphatic rings. The average Bonchev–Trinajstić information content (AvgIpc) is 3.69. The number of nitrogens with two attached hydrogens (primary N) is 4. The quantitative estimate of drug-likeness (QED) is 0.0376. The van der Waals surface area contributed by atoms with E-state index >= 15 is 0 Å². The molecule has 15 nitrogen and oxygen atoms in total. The maximum absolute atomic E-state index is 13.9. The van der Waals surface area contributed by atoms with Crippen LogP contribution in [-0.4, -0.2) is 82.0 Å². The standard InChI is InChI=1S/C34H46N10O5/c35-14-6-5-13-27(31(46)44-29(33(48)49)17-21-19-41-26-12-4-2-9-23(21)26)42-32(47)28(16-20-18-40-25-11-3-1-8-22(20)25)43-30(45)24(36)10-7-15-39-34(37)38/h1-4,8-9,11-12,18-19,24,27-29,40-41H,5-7,10,13-17,35-36H2,(H,42,47)(H,43,45)(H,44,46)(H,48,49)(H4,37,38,39). The summed E-state index contributed by atoms with van der Waals surface area (Å²) in [6.07, 6.45) is 5.59. The van der Waals surface area contributed by atoms with Crippen LogP contribution in [0.25, 0.3) is 21.8 Å². The first kappa shape index (κ1) is 36.4. The molecule has 0 saturated carbocycles. The van der Waals surface area contributed by atoms with Gasteiger partial charge in [-0.15, -0.1) is 0 Å². The van der Waals surface area contributed by atoms with Crippen molar-refractivity contribution in [3.8, 4) is 0 Å². The Hall–Kier alpha value is -5.41. The van der Waals surface area contributed by atoms with Crippen molar-refractivity contribution in [3.05, 3.63) is 72.1 Å². The molecule has 262 valence electrons. The van der Waals surface area contributed by atoms with Crippen LogP contribution in [0.3, 0.4) is 0 Å². The minimum absolute atomic E-state index is 0.0227. The lowest BCUT2D eigenvalue weighted by Crippen LogP contribution is -2.57. The minimum Gasteiger partial charge on any atom is -0.480 e. The molecule has 14 N–H and O–H groups in total. The number of carbonyl (C=O) groups excluding carboxylic acids is 3. The lowest BCUT2D eigenvalue weighted by Gasteiger charge is -2.25. The van der Waals surface area contributed by atoms with Gasteiger partial charge in [-0.05, 0) is 61.9 Å². The molecule has 2 aromatic heterocycles. The molecule has 4 atom stereocenters. The number of aliphatic imine (C=N–C) groups is 1. The third-order valence-corrected chi connectivity index (χ3v) is 8.33. The van der Waals surface area contributed by atoms with E-state index in [9.17, 15) is 24.3 Å². The third kappa shape index (κ3) is 10.3. The van der Waals surface area contributed by atoms with Crippen molar-refractivity contribution in [2.75, 3.05) is 13.1 Å². The van der Waals surface area contributed by atoms with Gasteiger partial charge in [-0.3, -0.25) is 19.4 Å². The Bertz CT molecular complexity index is 1760. The van der Waals surface area contributed by atoms with Gasteiger partial charge in [0.15, 0.2) is 5.96 Å². The Morgan fingerprint density at radius 1 is 0.714 bits per heavy atom. The maximum atomic E-state index is 13.9. The van der Waals surface area contributed by atoms with Gasteiger partial charge in [0.2, 0.25) is 17.7 Å². The molecule has 0 bridgehead atoms. The number of aromatic nitrogens is 2. The number of fused-ring (bicyclic) bond motifs is 2. The maximum Gasteiger partial charge on any atom is 0.326 e. The monoisotopic (exact) mass is 674 g/mol. The van der Waals surface area contributed by atoms with E-state index in [2.05, 4.69) is 30.9 Å². The van der Waals surface area contributed by atoms with E-state index < -0.39 is 47.9 Å². The molecule has 4 rings (SSSR count). The molecule has 4 aromatic rings. The number of carboxylic acids is 1. The van der Waals surface area contributed by atoms with Crippen molar-refractivity contribution in [2.45, 2.75) is 69.1 Å². The third-order valence-electron chi connectivity index (χ3n) is 8.33. The number of aromatic amines is 2. The van der Waals surface area contributed by atoms with Crippen molar-refractivity contribution in [2.24, 2.45) is 27.9 Å². The van der Waals surface area contributed by atoms with Gasteiger partial charge in [-0.1, -0.05) is 36.4 Å². The molecule has 2 aromatic carbocycles. The number of hydrogen-bond donors (Lipinski definition) is 10. The Labute approximate surface area is 283 Å². The molecular formula is C34H46N10O5. The zero-order valence-corrected chi connectivity index (χ0v) is 27.3. The summed E-state index contributed by atoms with van der Waals surface area (Å²) in [5, 5.41) is 19.9. The molecule has 0 aliphatic carbocycles. The summed E-state index contributed by atoms with van der Waals surface area (Å²) in [7, 11) is 0. The lowest BCUT2D eigenvalue weighted by atomic mass is 10.0. The van der Waals surface area contributed by atoms with Crippen LogP contribution in [0, 0.1) is 0 Å². The van der Waals surface area contributed by atoms with E-state index in [-0.39, 0.29) is 31.6 Å². The van der Waals surface area contributed by atoms with E-state index in [1.807, 2.05) is 48.5 Å². The molecule has 49 heavy (non-hydrogen) atoms. The highest BCUT2D eigenvalue weighted by molar-refractivity contribution is 5.95. The van der Waals surface area contributed by atoms with Crippen LogP contribution in [0.15, 0.2) is 65.9 Å². The molecule has 0 radical (unpaired) electrons. The van der Waals surface area contributed by atoms with E-state index in [4.69, 9.17) is 22.9 Å². The van der Waals surface area contributed by atoms with Gasteiger partial charge in [0.25, 0.3) is 0 Å². The zero-order valence-electron chi connectivity index (χ0n) is 27.3. The number of unbranched alkanes of at least 4 members (excludes halogenated alkanes) is 1. The van der Waals surface area contributed by atoms with Crippen molar-refractivity contribution in [3.63, 3.8) is 0 Å². The van der Waals surface area contributed by atoms with E-state index in [1.54, 1.807) is 12.4 Å². The number of benzene rings is 2. The molecule has 3 amide bonds. The molecule has 15 heteroatoms. The van der Waals surface area contributed by atoms with Gasteiger partial charge < -0.3 is 54.0 Å². The van der Waals surface area contributed by atoms with Crippen LogP contribution in [-0.2, 0) is 32.0 Å². The Kier molecular flexibility index (Phi) is 13.1. The highest BCUT2D eigenvalue weighted by Gasteiger charge is 2.31. The summed E-state index contributed by atoms with van der Waals surface area (Å²) in [6.45, 7) is 0.667. The van der Waals surface area contributed by atoms with E-state index in [1.165, 1.54) is 0 Å². The number of hydrogen-bond acceptors (Lipinski definition) is 7. The molecular weight excluding hydrogens is 628 g/mol. The van der Waals surface area contributed by atoms with Gasteiger partial charge in [0, 0.05) is 53.6 Å².